The van der Waals surface area contributed by atoms with Crippen LogP contribution >= 0.6 is 11.5 Å². The lowest BCUT2D eigenvalue weighted by Crippen LogP contribution is -2.31. The van der Waals surface area contributed by atoms with Crippen molar-refractivity contribution in [3.05, 3.63) is 15.5 Å². The van der Waals surface area contributed by atoms with Crippen molar-refractivity contribution in [1.82, 2.24) is 9.36 Å². The highest BCUT2D eigenvalue weighted by Gasteiger charge is 2.41. The molecular weight excluding hydrogens is 222 g/mol. The van der Waals surface area contributed by atoms with Crippen LogP contribution in [0.15, 0.2) is 4.79 Å². The maximum absolute atomic E-state index is 11.1. The number of aromatic nitrogens is 2. The van der Waals surface area contributed by atoms with Crippen molar-refractivity contribution in [3.8, 4) is 0 Å². The molecule has 0 saturated heterocycles. The standard InChI is InChI=1S/C11H19N3OS/c1-7-3-11(6-12,4-8(7)2)5-9-13-10(15)16-14-9/h7-8H,3-6,12H2,1-2H3,(H,13,14,15). The zero-order valence-electron chi connectivity index (χ0n) is 9.82. The maximum Gasteiger partial charge on any atom is 0.323 e. The van der Waals surface area contributed by atoms with E-state index >= 15 is 0 Å². The molecule has 90 valence electrons. The van der Waals surface area contributed by atoms with Gasteiger partial charge in [0.15, 0.2) is 0 Å². The molecule has 0 aromatic carbocycles. The fraction of sp³-hybridized carbons (Fsp3) is 0.818. The summed E-state index contributed by atoms with van der Waals surface area (Å²) in [6.07, 6.45) is 3.10. The van der Waals surface area contributed by atoms with Gasteiger partial charge in [-0.15, -0.1) is 0 Å². The van der Waals surface area contributed by atoms with Crippen LogP contribution in [0.1, 0.15) is 32.5 Å². The van der Waals surface area contributed by atoms with Gasteiger partial charge in [-0.25, -0.2) is 0 Å². The maximum atomic E-state index is 11.1. The van der Waals surface area contributed by atoms with Crippen LogP contribution in [0.2, 0.25) is 0 Å². The lowest BCUT2D eigenvalue weighted by Gasteiger charge is -2.26. The van der Waals surface area contributed by atoms with Gasteiger partial charge in [-0.3, -0.25) is 9.78 Å². The number of hydrogen-bond donors (Lipinski definition) is 2. The Bertz CT molecular complexity index is 401. The molecule has 1 fully saturated rings. The van der Waals surface area contributed by atoms with E-state index in [1.54, 1.807) is 0 Å². The third-order valence-electron chi connectivity index (χ3n) is 3.94. The summed E-state index contributed by atoms with van der Waals surface area (Å²) < 4.78 is 4.14. The Hall–Kier alpha value is -0.680. The highest BCUT2D eigenvalue weighted by Crippen LogP contribution is 2.46. The summed E-state index contributed by atoms with van der Waals surface area (Å²) in [5.74, 6) is 2.24. The highest BCUT2D eigenvalue weighted by molar-refractivity contribution is 7.02. The molecule has 0 bridgehead atoms. The van der Waals surface area contributed by atoms with Crippen molar-refractivity contribution in [3.63, 3.8) is 0 Å². The number of rotatable bonds is 3. The Kier molecular flexibility index (Phi) is 3.17. The summed E-state index contributed by atoms with van der Waals surface area (Å²) in [4.78, 5) is 13.8. The van der Waals surface area contributed by atoms with E-state index < -0.39 is 0 Å². The van der Waals surface area contributed by atoms with Gasteiger partial charge in [-0.2, -0.15) is 4.37 Å². The fourth-order valence-electron chi connectivity index (χ4n) is 2.93. The Morgan fingerprint density at radius 1 is 1.50 bits per heavy atom. The van der Waals surface area contributed by atoms with E-state index in [1.807, 2.05) is 0 Å². The molecule has 1 aliphatic carbocycles. The average Bonchev–Trinajstić information content (AvgIpc) is 2.74. The monoisotopic (exact) mass is 241 g/mol. The third kappa shape index (κ3) is 2.20. The first-order chi connectivity index (χ1) is 7.54. The van der Waals surface area contributed by atoms with Crippen LogP contribution in [0.4, 0.5) is 0 Å². The molecule has 5 heteroatoms. The molecule has 4 nitrogen and oxygen atoms in total. The van der Waals surface area contributed by atoms with E-state index in [2.05, 4.69) is 23.2 Å². The Morgan fingerprint density at radius 2 is 2.12 bits per heavy atom. The molecule has 0 amide bonds. The van der Waals surface area contributed by atoms with Gasteiger partial charge in [0.25, 0.3) is 0 Å². The number of nitrogens with two attached hydrogens (primary N) is 1. The zero-order chi connectivity index (χ0) is 11.8. The summed E-state index contributed by atoms with van der Waals surface area (Å²) in [6, 6.07) is 0. The topological polar surface area (TPSA) is 71.8 Å². The number of aromatic amines is 1. The Morgan fingerprint density at radius 3 is 2.56 bits per heavy atom. The molecule has 3 N–H and O–H groups in total. The van der Waals surface area contributed by atoms with Gasteiger partial charge >= 0.3 is 4.87 Å². The van der Waals surface area contributed by atoms with Gasteiger partial charge in [-0.1, -0.05) is 13.8 Å². The van der Waals surface area contributed by atoms with Gasteiger partial charge in [0.2, 0.25) is 0 Å². The normalized spacial score (nSPS) is 34.4. The number of H-pyrrole nitrogens is 1. The number of nitrogens with zero attached hydrogens (tertiary/aromatic N) is 1. The second-order valence-electron chi connectivity index (χ2n) is 5.29. The molecule has 16 heavy (non-hydrogen) atoms. The molecule has 0 radical (unpaired) electrons. The van der Waals surface area contributed by atoms with E-state index in [9.17, 15) is 4.79 Å². The van der Waals surface area contributed by atoms with E-state index in [1.165, 1.54) is 0 Å². The first-order valence-corrected chi connectivity index (χ1v) is 6.57. The van der Waals surface area contributed by atoms with Crippen LogP contribution < -0.4 is 10.6 Å². The van der Waals surface area contributed by atoms with Gasteiger partial charge < -0.3 is 5.73 Å². The molecular formula is C11H19N3OS. The molecule has 1 saturated carbocycles. The first-order valence-electron chi connectivity index (χ1n) is 5.79. The van der Waals surface area contributed by atoms with Gasteiger partial charge in [0, 0.05) is 18.0 Å². The van der Waals surface area contributed by atoms with E-state index in [0.717, 1.165) is 36.6 Å². The molecule has 1 heterocycles. The fourth-order valence-corrected chi connectivity index (χ4v) is 3.39. The van der Waals surface area contributed by atoms with Crippen molar-refractivity contribution in [2.75, 3.05) is 6.54 Å². The largest absolute Gasteiger partial charge is 0.330 e. The van der Waals surface area contributed by atoms with E-state index in [0.29, 0.717) is 18.4 Å². The molecule has 1 aromatic rings. The number of hydrogen-bond acceptors (Lipinski definition) is 4. The lowest BCUT2D eigenvalue weighted by molar-refractivity contribution is 0.286. The minimum atomic E-state index is -0.0683. The lowest BCUT2D eigenvalue weighted by atomic mass is 9.81. The molecule has 2 rings (SSSR count). The van der Waals surface area contributed by atoms with Crippen molar-refractivity contribution < 1.29 is 0 Å². The Labute approximate surface area is 99.4 Å². The molecule has 0 aliphatic heterocycles. The zero-order valence-corrected chi connectivity index (χ0v) is 10.6. The third-order valence-corrected chi connectivity index (χ3v) is 4.52. The summed E-state index contributed by atoms with van der Waals surface area (Å²) in [6.45, 7) is 5.25. The minimum absolute atomic E-state index is 0.0683. The van der Waals surface area contributed by atoms with Crippen LogP contribution in [-0.4, -0.2) is 15.9 Å². The predicted molar refractivity (Wildman–Crippen MR) is 65.5 cm³/mol. The van der Waals surface area contributed by atoms with Crippen LogP contribution in [0.5, 0.6) is 0 Å². The van der Waals surface area contributed by atoms with Gasteiger partial charge in [0.1, 0.15) is 5.82 Å². The molecule has 1 aromatic heterocycles. The minimum Gasteiger partial charge on any atom is -0.330 e. The van der Waals surface area contributed by atoms with Crippen LogP contribution in [0.3, 0.4) is 0 Å². The van der Waals surface area contributed by atoms with E-state index in [4.69, 9.17) is 5.73 Å². The van der Waals surface area contributed by atoms with Gasteiger partial charge in [-0.05, 0) is 36.6 Å². The Balaban J connectivity index is 2.14. The number of nitrogens with one attached hydrogen (secondary N) is 1. The average molecular weight is 241 g/mol. The molecule has 2 unspecified atom stereocenters. The van der Waals surface area contributed by atoms with Crippen molar-refractivity contribution in [2.24, 2.45) is 23.0 Å². The smallest absolute Gasteiger partial charge is 0.323 e. The molecule has 1 aliphatic rings. The van der Waals surface area contributed by atoms with Crippen LogP contribution in [0.25, 0.3) is 0 Å². The second kappa shape index (κ2) is 4.30. The van der Waals surface area contributed by atoms with Crippen LogP contribution in [0, 0.1) is 17.3 Å². The molecule has 0 spiro atoms. The first kappa shape index (κ1) is 11.8. The predicted octanol–water partition coefficient (Wildman–Crippen LogP) is 1.39. The van der Waals surface area contributed by atoms with Crippen molar-refractivity contribution in [1.29, 1.82) is 0 Å². The summed E-state index contributed by atoms with van der Waals surface area (Å²) in [7, 11) is 0. The van der Waals surface area contributed by atoms with Crippen molar-refractivity contribution in [2.45, 2.75) is 33.1 Å². The summed E-state index contributed by atoms with van der Waals surface area (Å²) in [5, 5.41) is 0. The highest BCUT2D eigenvalue weighted by atomic mass is 32.1. The SMILES string of the molecule is CC1CC(CN)(Cc2nsc(=O)[nH]2)CC1C. The van der Waals surface area contributed by atoms with Gasteiger partial charge in [0.05, 0.1) is 0 Å². The van der Waals surface area contributed by atoms with Crippen LogP contribution in [-0.2, 0) is 6.42 Å². The van der Waals surface area contributed by atoms with E-state index in [-0.39, 0.29) is 10.3 Å². The summed E-state index contributed by atoms with van der Waals surface area (Å²) in [5.41, 5.74) is 6.08. The summed E-state index contributed by atoms with van der Waals surface area (Å²) >= 11 is 0.997. The molecule has 2 atom stereocenters. The quantitative estimate of drug-likeness (QED) is 0.840. The van der Waals surface area contributed by atoms with Crippen molar-refractivity contribution >= 4 is 11.5 Å². The second-order valence-corrected chi connectivity index (χ2v) is 6.02.